The van der Waals surface area contributed by atoms with Gasteiger partial charge in [-0.1, -0.05) is 0 Å². The monoisotopic (exact) mass is 275 g/mol. The van der Waals surface area contributed by atoms with Gasteiger partial charge in [0.15, 0.2) is 0 Å². The van der Waals surface area contributed by atoms with Crippen LogP contribution in [0.1, 0.15) is 23.0 Å². The minimum atomic E-state index is -0.854. The third-order valence-electron chi connectivity index (χ3n) is 2.33. The summed E-state index contributed by atoms with van der Waals surface area (Å²) >= 11 is 5.19. The largest absolute Gasteiger partial charge is 0.477 e. The molecule has 0 aromatic carbocycles. The Hall–Kier alpha value is -0.420. The first-order chi connectivity index (χ1) is 6.68. The molecule has 0 amide bonds. The second-order valence-electron chi connectivity index (χ2n) is 3.27. The van der Waals surface area contributed by atoms with Crippen molar-refractivity contribution in [2.24, 2.45) is 0 Å². The lowest BCUT2D eigenvalue weighted by Crippen LogP contribution is -2.13. The van der Waals surface area contributed by atoms with Gasteiger partial charge in [-0.3, -0.25) is 0 Å². The highest BCUT2D eigenvalue weighted by molar-refractivity contribution is 9.10. The molecular formula is C9H10BrNO2S. The van der Waals surface area contributed by atoms with Gasteiger partial charge in [-0.25, -0.2) is 4.79 Å². The molecule has 0 saturated carbocycles. The topological polar surface area (TPSA) is 42.2 Å². The summed E-state index contributed by atoms with van der Waals surface area (Å²) in [6.45, 7) is 0. The highest BCUT2D eigenvalue weighted by atomic mass is 79.9. The van der Waals surface area contributed by atoms with Gasteiger partial charge in [0.05, 0.1) is 0 Å². The molecule has 0 bridgehead atoms. The molecule has 1 atom stereocenters. The van der Waals surface area contributed by atoms with E-state index in [0.29, 0.717) is 11.7 Å². The summed E-state index contributed by atoms with van der Waals surface area (Å²) in [6.07, 6.45) is 2.92. The zero-order valence-electron chi connectivity index (χ0n) is 7.44. The van der Waals surface area contributed by atoms with E-state index in [4.69, 9.17) is 5.11 Å². The molecule has 76 valence electrons. The van der Waals surface area contributed by atoms with E-state index in [1.54, 1.807) is 6.07 Å². The molecule has 1 unspecified atom stereocenters. The van der Waals surface area contributed by atoms with Crippen molar-refractivity contribution in [2.45, 2.75) is 12.5 Å². The quantitative estimate of drug-likeness (QED) is 0.902. The van der Waals surface area contributed by atoms with Crippen LogP contribution in [-0.4, -0.2) is 27.1 Å². The van der Waals surface area contributed by atoms with E-state index in [1.165, 1.54) is 0 Å². The number of thioether (sulfide) groups is 1. The lowest BCUT2D eigenvalue weighted by molar-refractivity contribution is 0.0683. The lowest BCUT2D eigenvalue weighted by atomic mass is 10.2. The second kappa shape index (κ2) is 3.98. The van der Waals surface area contributed by atoms with Crippen molar-refractivity contribution < 1.29 is 9.90 Å². The van der Waals surface area contributed by atoms with Gasteiger partial charge in [0.1, 0.15) is 5.69 Å². The number of aromatic carboxylic acids is 1. The van der Waals surface area contributed by atoms with Gasteiger partial charge in [0.25, 0.3) is 0 Å². The fourth-order valence-electron chi connectivity index (χ4n) is 1.66. The van der Waals surface area contributed by atoms with Crippen LogP contribution in [0.15, 0.2) is 16.7 Å². The normalized spacial score (nSPS) is 21.4. The minimum Gasteiger partial charge on any atom is -0.477 e. The van der Waals surface area contributed by atoms with Gasteiger partial charge in [-0.05, 0) is 34.2 Å². The van der Waals surface area contributed by atoms with Crippen LogP contribution in [0.25, 0.3) is 0 Å². The summed E-state index contributed by atoms with van der Waals surface area (Å²) in [5.74, 6) is 1.29. The van der Waals surface area contributed by atoms with Crippen molar-refractivity contribution in [3.05, 3.63) is 22.4 Å². The van der Waals surface area contributed by atoms with E-state index in [1.807, 2.05) is 22.5 Å². The fraction of sp³-hybridized carbons (Fsp3) is 0.444. The predicted octanol–water partition coefficient (Wildman–Crippen LogP) is 2.63. The van der Waals surface area contributed by atoms with Crippen molar-refractivity contribution in [3.8, 4) is 0 Å². The molecule has 1 aromatic rings. The number of carboxylic acid groups (broad SMARTS) is 1. The summed E-state index contributed by atoms with van der Waals surface area (Å²) in [6, 6.07) is 2.00. The first kappa shape index (κ1) is 10.1. The standard InChI is InChI=1S/C9H10BrNO2S/c10-6-3-8(9(12)13)11(4-6)7-1-2-14-5-7/h3-4,7H,1-2,5H2,(H,12,13). The van der Waals surface area contributed by atoms with Crippen LogP contribution in [0.4, 0.5) is 0 Å². The van der Waals surface area contributed by atoms with Gasteiger partial charge in [-0.2, -0.15) is 11.8 Å². The number of carboxylic acids is 1. The summed E-state index contributed by atoms with van der Waals surface area (Å²) in [5, 5.41) is 8.99. The summed E-state index contributed by atoms with van der Waals surface area (Å²) in [4.78, 5) is 10.9. The van der Waals surface area contributed by atoms with E-state index in [0.717, 1.165) is 22.4 Å². The zero-order valence-corrected chi connectivity index (χ0v) is 9.84. The van der Waals surface area contributed by atoms with Gasteiger partial charge >= 0.3 is 5.97 Å². The molecule has 1 aliphatic heterocycles. The molecule has 1 aliphatic rings. The van der Waals surface area contributed by atoms with Crippen LogP contribution in [0.5, 0.6) is 0 Å². The van der Waals surface area contributed by atoms with E-state index < -0.39 is 5.97 Å². The Morgan fingerprint density at radius 1 is 1.71 bits per heavy atom. The number of hydrogen-bond donors (Lipinski definition) is 1. The molecule has 1 N–H and O–H groups in total. The van der Waals surface area contributed by atoms with Crippen LogP contribution in [0.3, 0.4) is 0 Å². The molecule has 1 aromatic heterocycles. The number of carbonyl (C=O) groups is 1. The molecule has 0 aliphatic carbocycles. The third kappa shape index (κ3) is 1.83. The second-order valence-corrected chi connectivity index (χ2v) is 5.34. The predicted molar refractivity (Wildman–Crippen MR) is 60.1 cm³/mol. The fourth-order valence-corrected chi connectivity index (χ4v) is 3.30. The Morgan fingerprint density at radius 3 is 3.07 bits per heavy atom. The Balaban J connectivity index is 2.35. The molecule has 0 spiro atoms. The summed E-state index contributed by atoms with van der Waals surface area (Å²) < 4.78 is 2.71. The highest BCUT2D eigenvalue weighted by Crippen LogP contribution is 2.30. The van der Waals surface area contributed by atoms with E-state index in [9.17, 15) is 4.79 Å². The molecule has 1 saturated heterocycles. The number of hydrogen-bond acceptors (Lipinski definition) is 2. The number of rotatable bonds is 2. The Labute approximate surface area is 94.6 Å². The van der Waals surface area contributed by atoms with Crippen LogP contribution in [0.2, 0.25) is 0 Å². The molecular weight excluding hydrogens is 266 g/mol. The Morgan fingerprint density at radius 2 is 2.50 bits per heavy atom. The van der Waals surface area contributed by atoms with Crippen LogP contribution in [-0.2, 0) is 0 Å². The van der Waals surface area contributed by atoms with Gasteiger partial charge < -0.3 is 9.67 Å². The molecule has 5 heteroatoms. The highest BCUT2D eigenvalue weighted by Gasteiger charge is 2.22. The van der Waals surface area contributed by atoms with E-state index in [-0.39, 0.29) is 0 Å². The first-order valence-corrected chi connectivity index (χ1v) is 6.31. The maximum atomic E-state index is 10.9. The number of halogens is 1. The molecule has 3 nitrogen and oxygen atoms in total. The van der Waals surface area contributed by atoms with Crippen LogP contribution < -0.4 is 0 Å². The van der Waals surface area contributed by atoms with Crippen molar-refractivity contribution in [2.75, 3.05) is 11.5 Å². The third-order valence-corrected chi connectivity index (χ3v) is 3.91. The Kier molecular flexibility index (Phi) is 2.88. The van der Waals surface area contributed by atoms with Crippen molar-refractivity contribution in [1.29, 1.82) is 0 Å². The van der Waals surface area contributed by atoms with Gasteiger partial charge in [0, 0.05) is 22.5 Å². The maximum absolute atomic E-state index is 10.9. The van der Waals surface area contributed by atoms with E-state index >= 15 is 0 Å². The van der Waals surface area contributed by atoms with E-state index in [2.05, 4.69) is 15.9 Å². The van der Waals surface area contributed by atoms with Crippen LogP contribution in [0, 0.1) is 0 Å². The minimum absolute atomic E-state index is 0.345. The number of aromatic nitrogens is 1. The zero-order chi connectivity index (χ0) is 10.1. The smallest absolute Gasteiger partial charge is 0.352 e. The van der Waals surface area contributed by atoms with Gasteiger partial charge in [-0.15, -0.1) is 0 Å². The molecule has 2 rings (SSSR count). The Bertz CT molecular complexity index is 358. The van der Waals surface area contributed by atoms with Crippen LogP contribution >= 0.6 is 27.7 Å². The summed E-state index contributed by atoms with van der Waals surface area (Å²) in [7, 11) is 0. The lowest BCUT2D eigenvalue weighted by Gasteiger charge is -2.12. The molecule has 2 heterocycles. The molecule has 0 radical (unpaired) electrons. The average Bonchev–Trinajstić information content (AvgIpc) is 2.70. The maximum Gasteiger partial charge on any atom is 0.352 e. The van der Waals surface area contributed by atoms with Gasteiger partial charge in [0.2, 0.25) is 0 Å². The molecule has 14 heavy (non-hydrogen) atoms. The van der Waals surface area contributed by atoms with Crippen molar-refractivity contribution in [3.63, 3.8) is 0 Å². The average molecular weight is 276 g/mol. The first-order valence-electron chi connectivity index (χ1n) is 4.37. The molecule has 1 fully saturated rings. The van der Waals surface area contributed by atoms with Crippen molar-refractivity contribution in [1.82, 2.24) is 4.57 Å². The SMILES string of the molecule is O=C(O)c1cc(Br)cn1C1CCSC1. The number of nitrogens with zero attached hydrogens (tertiary/aromatic N) is 1. The summed E-state index contributed by atoms with van der Waals surface area (Å²) in [5.41, 5.74) is 0.379. The van der Waals surface area contributed by atoms with Crippen molar-refractivity contribution >= 4 is 33.7 Å².